The Bertz CT molecular complexity index is 449. The van der Waals surface area contributed by atoms with Crippen LogP contribution in [0, 0.1) is 0 Å². The van der Waals surface area contributed by atoms with Gasteiger partial charge in [0.1, 0.15) is 6.61 Å². The number of ether oxygens (including phenoxy) is 2. The highest BCUT2D eigenvalue weighted by Gasteiger charge is 2.22. The number of rotatable bonds is 17. The summed E-state index contributed by atoms with van der Waals surface area (Å²) in [5, 5.41) is 0. The van der Waals surface area contributed by atoms with E-state index in [1.165, 1.54) is 6.42 Å². The van der Waals surface area contributed by atoms with Crippen molar-refractivity contribution in [1.29, 1.82) is 0 Å². The lowest BCUT2D eigenvalue weighted by Crippen LogP contribution is -2.29. The van der Waals surface area contributed by atoms with Gasteiger partial charge in [0.25, 0.3) is 0 Å². The lowest BCUT2D eigenvalue weighted by atomic mass is 10.1. The third kappa shape index (κ3) is 18.2. The zero-order chi connectivity index (χ0) is 20.5. The number of carbonyl (C=O) groups is 2. The molecule has 0 aliphatic carbocycles. The molecular formula is C18H35O8P. The van der Waals surface area contributed by atoms with Gasteiger partial charge in [-0.2, -0.15) is 0 Å². The molecule has 0 heterocycles. The molecular weight excluding hydrogens is 375 g/mol. The smallest absolute Gasteiger partial charge is 0.462 e. The summed E-state index contributed by atoms with van der Waals surface area (Å²) in [6, 6.07) is 0. The third-order valence-corrected chi connectivity index (χ3v) is 4.36. The van der Waals surface area contributed by atoms with Crippen LogP contribution < -0.4 is 0 Å². The predicted molar refractivity (Wildman–Crippen MR) is 101 cm³/mol. The van der Waals surface area contributed by atoms with Gasteiger partial charge in [-0.3, -0.25) is 14.1 Å². The highest BCUT2D eigenvalue weighted by Crippen LogP contribution is 2.35. The molecule has 0 amide bonds. The minimum Gasteiger partial charge on any atom is -0.462 e. The second kappa shape index (κ2) is 16.0. The van der Waals surface area contributed by atoms with E-state index >= 15 is 0 Å². The topological polar surface area (TPSA) is 119 Å². The SMILES string of the molecule is CCCCCCCCC(=O)O[C@@H](COC(=O)CCCCC)COP(=O)(O)O. The average Bonchev–Trinajstić information content (AvgIpc) is 2.60. The molecule has 0 fully saturated rings. The van der Waals surface area contributed by atoms with Crippen LogP contribution in [-0.2, 0) is 28.2 Å². The van der Waals surface area contributed by atoms with Crippen LogP contribution in [-0.4, -0.2) is 41.0 Å². The zero-order valence-electron chi connectivity index (χ0n) is 16.6. The van der Waals surface area contributed by atoms with Crippen LogP contribution in [0.15, 0.2) is 0 Å². The molecule has 0 aliphatic rings. The van der Waals surface area contributed by atoms with Crippen molar-refractivity contribution in [3.8, 4) is 0 Å². The normalized spacial score (nSPS) is 12.6. The Morgan fingerprint density at radius 2 is 1.33 bits per heavy atom. The van der Waals surface area contributed by atoms with Gasteiger partial charge in [-0.1, -0.05) is 58.8 Å². The van der Waals surface area contributed by atoms with Crippen molar-refractivity contribution < 1.29 is 37.9 Å². The van der Waals surface area contributed by atoms with Gasteiger partial charge in [-0.25, -0.2) is 4.57 Å². The predicted octanol–water partition coefficient (Wildman–Crippen LogP) is 3.88. The van der Waals surface area contributed by atoms with Crippen LogP contribution >= 0.6 is 7.82 Å². The molecule has 8 nitrogen and oxygen atoms in total. The second-order valence-corrected chi connectivity index (χ2v) is 7.80. The molecule has 0 aromatic rings. The molecule has 0 radical (unpaired) electrons. The maximum absolute atomic E-state index is 11.9. The minimum absolute atomic E-state index is 0.211. The fourth-order valence-electron chi connectivity index (χ4n) is 2.37. The summed E-state index contributed by atoms with van der Waals surface area (Å²) in [5.41, 5.74) is 0. The molecule has 0 saturated heterocycles. The van der Waals surface area contributed by atoms with Gasteiger partial charge in [0.05, 0.1) is 6.61 Å². The molecule has 0 spiro atoms. The number of hydrogen-bond donors (Lipinski definition) is 2. The Morgan fingerprint density at radius 3 is 1.96 bits per heavy atom. The first-order chi connectivity index (χ1) is 12.8. The van der Waals surface area contributed by atoms with Crippen molar-refractivity contribution >= 4 is 19.8 Å². The fraction of sp³-hybridized carbons (Fsp3) is 0.889. The molecule has 27 heavy (non-hydrogen) atoms. The lowest BCUT2D eigenvalue weighted by molar-refractivity contribution is -0.161. The van der Waals surface area contributed by atoms with Gasteiger partial charge >= 0.3 is 19.8 Å². The molecule has 0 saturated carbocycles. The van der Waals surface area contributed by atoms with Crippen molar-refractivity contribution in [3.63, 3.8) is 0 Å². The van der Waals surface area contributed by atoms with Crippen molar-refractivity contribution in [2.75, 3.05) is 13.2 Å². The Balaban J connectivity index is 4.26. The van der Waals surface area contributed by atoms with Crippen molar-refractivity contribution in [1.82, 2.24) is 0 Å². The van der Waals surface area contributed by atoms with Crippen molar-refractivity contribution in [2.24, 2.45) is 0 Å². The van der Waals surface area contributed by atoms with Gasteiger partial charge in [-0.05, 0) is 12.8 Å². The molecule has 0 unspecified atom stereocenters. The Kier molecular flexibility index (Phi) is 15.5. The molecule has 1 atom stereocenters. The first kappa shape index (κ1) is 26.1. The number of esters is 2. The average molecular weight is 410 g/mol. The number of carbonyl (C=O) groups excluding carboxylic acids is 2. The van der Waals surface area contributed by atoms with E-state index in [9.17, 15) is 14.2 Å². The van der Waals surface area contributed by atoms with Crippen molar-refractivity contribution in [2.45, 2.75) is 90.6 Å². The molecule has 0 aliphatic heterocycles. The Labute approximate surface area is 162 Å². The summed E-state index contributed by atoms with van der Waals surface area (Å²) < 4.78 is 25.4. The summed E-state index contributed by atoms with van der Waals surface area (Å²) >= 11 is 0. The van der Waals surface area contributed by atoms with Crippen LogP contribution in [0.4, 0.5) is 0 Å². The van der Waals surface area contributed by atoms with Gasteiger partial charge in [-0.15, -0.1) is 0 Å². The molecule has 0 bridgehead atoms. The largest absolute Gasteiger partial charge is 0.469 e. The highest BCUT2D eigenvalue weighted by atomic mass is 31.2. The van der Waals surface area contributed by atoms with E-state index in [1.807, 2.05) is 6.92 Å². The zero-order valence-corrected chi connectivity index (χ0v) is 17.5. The standard InChI is InChI=1S/C18H35O8P/c1-3-5-7-8-9-11-13-18(20)26-16(15-25-27(21,22)23)14-24-17(19)12-10-6-4-2/h16H,3-15H2,1-2H3,(H2,21,22,23)/t16-/m0/s1. The van der Waals surface area contributed by atoms with E-state index in [-0.39, 0.29) is 19.4 Å². The molecule has 0 aromatic heterocycles. The molecule has 0 aromatic carbocycles. The number of unbranched alkanes of at least 4 members (excludes halogenated alkanes) is 7. The Morgan fingerprint density at radius 1 is 0.815 bits per heavy atom. The molecule has 160 valence electrons. The maximum Gasteiger partial charge on any atom is 0.469 e. The highest BCUT2D eigenvalue weighted by molar-refractivity contribution is 7.46. The van der Waals surface area contributed by atoms with Gasteiger partial charge in [0, 0.05) is 12.8 Å². The van der Waals surface area contributed by atoms with Crippen LogP contribution in [0.25, 0.3) is 0 Å². The van der Waals surface area contributed by atoms with E-state index in [0.29, 0.717) is 12.8 Å². The van der Waals surface area contributed by atoms with E-state index in [2.05, 4.69) is 11.4 Å². The van der Waals surface area contributed by atoms with E-state index in [0.717, 1.165) is 38.5 Å². The number of phosphoric ester groups is 1. The summed E-state index contributed by atoms with van der Waals surface area (Å²) in [5.74, 6) is -0.927. The maximum atomic E-state index is 11.9. The Hall–Kier alpha value is -0.950. The summed E-state index contributed by atoms with van der Waals surface area (Å²) in [6.07, 6.45) is 8.15. The second-order valence-electron chi connectivity index (χ2n) is 6.56. The third-order valence-electron chi connectivity index (χ3n) is 3.88. The van der Waals surface area contributed by atoms with E-state index in [4.69, 9.17) is 19.3 Å². The first-order valence-corrected chi connectivity index (χ1v) is 11.4. The number of phosphoric acid groups is 1. The van der Waals surface area contributed by atoms with E-state index in [1.54, 1.807) is 0 Å². The molecule has 0 rings (SSSR count). The van der Waals surface area contributed by atoms with Crippen molar-refractivity contribution in [3.05, 3.63) is 0 Å². The quantitative estimate of drug-likeness (QED) is 0.211. The lowest BCUT2D eigenvalue weighted by Gasteiger charge is -2.18. The molecule has 2 N–H and O–H groups in total. The van der Waals surface area contributed by atoms with Gasteiger partial charge in [0.2, 0.25) is 0 Å². The van der Waals surface area contributed by atoms with E-state index < -0.39 is 32.5 Å². The number of hydrogen-bond acceptors (Lipinski definition) is 6. The minimum atomic E-state index is -4.70. The van der Waals surface area contributed by atoms with Crippen LogP contribution in [0.3, 0.4) is 0 Å². The molecule has 9 heteroatoms. The fourth-order valence-corrected chi connectivity index (χ4v) is 2.73. The first-order valence-electron chi connectivity index (χ1n) is 9.83. The monoisotopic (exact) mass is 410 g/mol. The van der Waals surface area contributed by atoms with Crippen LogP contribution in [0.2, 0.25) is 0 Å². The summed E-state index contributed by atoms with van der Waals surface area (Å²) in [7, 11) is -4.70. The summed E-state index contributed by atoms with van der Waals surface area (Å²) in [4.78, 5) is 41.2. The van der Waals surface area contributed by atoms with Gasteiger partial charge < -0.3 is 19.3 Å². The van der Waals surface area contributed by atoms with Gasteiger partial charge in [0.15, 0.2) is 6.10 Å². The summed E-state index contributed by atoms with van der Waals surface area (Å²) in [6.45, 7) is 3.33. The van der Waals surface area contributed by atoms with Crippen LogP contribution in [0.1, 0.15) is 84.5 Å². The van der Waals surface area contributed by atoms with Crippen LogP contribution in [0.5, 0.6) is 0 Å².